The lowest BCUT2D eigenvalue weighted by Crippen LogP contribution is -2.39. The molecular formula is C11H15BF4N2. The molecule has 0 aromatic heterocycles. The Morgan fingerprint density at radius 1 is 1.17 bits per heavy atom. The molecule has 1 aliphatic rings. The molecule has 2 rings (SSSR count). The van der Waals surface area contributed by atoms with Crippen molar-refractivity contribution >= 4 is 13.6 Å². The van der Waals surface area contributed by atoms with Gasteiger partial charge in [-0.3, -0.25) is 4.48 Å². The van der Waals surface area contributed by atoms with Gasteiger partial charge in [0.05, 0.1) is 13.6 Å². The van der Waals surface area contributed by atoms with Crippen LogP contribution in [0.3, 0.4) is 0 Å². The van der Waals surface area contributed by atoms with Crippen LogP contribution in [0.2, 0.25) is 0 Å². The van der Waals surface area contributed by atoms with Gasteiger partial charge in [-0.1, -0.05) is 30.3 Å². The molecule has 0 spiro atoms. The molecule has 7 heteroatoms. The summed E-state index contributed by atoms with van der Waals surface area (Å²) in [5.74, 6) is 0. The minimum atomic E-state index is -6.00. The van der Waals surface area contributed by atoms with Crippen LogP contribution in [0, 0.1) is 0 Å². The van der Waals surface area contributed by atoms with Gasteiger partial charge in [-0.25, -0.2) is 4.99 Å². The molecule has 1 atom stereocenters. The maximum absolute atomic E-state index is 9.75. The normalized spacial score (nSPS) is 22.5. The number of rotatable bonds is 2. The second kappa shape index (κ2) is 5.99. The fourth-order valence-electron chi connectivity index (χ4n) is 1.72. The molecule has 2 nitrogen and oxygen atoms in total. The van der Waals surface area contributed by atoms with Crippen LogP contribution in [0.15, 0.2) is 35.3 Å². The van der Waals surface area contributed by atoms with Gasteiger partial charge in [-0.2, -0.15) is 0 Å². The molecule has 1 aliphatic heterocycles. The first-order valence-electron chi connectivity index (χ1n) is 5.55. The van der Waals surface area contributed by atoms with Crippen LogP contribution in [0.25, 0.3) is 0 Å². The molecule has 1 unspecified atom stereocenters. The molecule has 0 fully saturated rings. The van der Waals surface area contributed by atoms with Gasteiger partial charge in [-0.15, -0.1) is 0 Å². The molecule has 0 bridgehead atoms. The molecule has 100 valence electrons. The van der Waals surface area contributed by atoms with Crippen LogP contribution < -0.4 is 0 Å². The smallest absolute Gasteiger partial charge is 0.418 e. The predicted molar refractivity (Wildman–Crippen MR) is 64.7 cm³/mol. The van der Waals surface area contributed by atoms with Crippen molar-refractivity contribution in [1.82, 2.24) is 0 Å². The number of nitrogens with zero attached hydrogens (tertiary/aromatic N) is 2. The highest BCUT2D eigenvalue weighted by Gasteiger charge is 2.23. The van der Waals surface area contributed by atoms with Crippen molar-refractivity contribution in [2.45, 2.75) is 6.54 Å². The van der Waals surface area contributed by atoms with E-state index in [9.17, 15) is 17.3 Å². The van der Waals surface area contributed by atoms with Crippen LogP contribution in [0.4, 0.5) is 17.3 Å². The van der Waals surface area contributed by atoms with Gasteiger partial charge in [0.15, 0.2) is 6.34 Å². The second-order valence-electron chi connectivity index (χ2n) is 4.36. The molecule has 0 radical (unpaired) electrons. The standard InChI is InChI=1S/C11H15N2.BF4/c1-13(8-7-12-10-13)9-11-5-3-2-4-6-11;2-1(3,4)5/h2-6,10H,7-9H2,1H3;/q+1;-1. The summed E-state index contributed by atoms with van der Waals surface area (Å²) >= 11 is 0. The molecule has 0 N–H and O–H groups in total. The van der Waals surface area contributed by atoms with E-state index in [0.29, 0.717) is 0 Å². The monoisotopic (exact) mass is 262 g/mol. The van der Waals surface area contributed by atoms with Crippen LogP contribution in [0.1, 0.15) is 5.56 Å². The van der Waals surface area contributed by atoms with Crippen molar-refractivity contribution < 1.29 is 21.7 Å². The first-order valence-corrected chi connectivity index (χ1v) is 5.55. The Kier molecular flexibility index (Phi) is 4.89. The van der Waals surface area contributed by atoms with E-state index in [0.717, 1.165) is 24.1 Å². The summed E-state index contributed by atoms with van der Waals surface area (Å²) in [4.78, 5) is 4.28. The molecule has 1 aromatic rings. The van der Waals surface area contributed by atoms with Crippen molar-refractivity contribution in [1.29, 1.82) is 0 Å². The van der Waals surface area contributed by atoms with E-state index in [1.807, 2.05) is 0 Å². The van der Waals surface area contributed by atoms with E-state index in [1.54, 1.807) is 0 Å². The minimum absolute atomic E-state index is 0.948. The van der Waals surface area contributed by atoms with Gasteiger partial charge >= 0.3 is 7.25 Å². The van der Waals surface area contributed by atoms with Crippen LogP contribution >= 0.6 is 0 Å². The first kappa shape index (κ1) is 14.7. The molecular weight excluding hydrogens is 247 g/mol. The highest BCUT2D eigenvalue weighted by molar-refractivity contribution is 6.50. The van der Waals surface area contributed by atoms with Crippen molar-refractivity contribution in [3.05, 3.63) is 35.9 Å². The average Bonchev–Trinajstić information content (AvgIpc) is 2.64. The number of quaternary nitrogens is 1. The summed E-state index contributed by atoms with van der Waals surface area (Å²) < 4.78 is 39.9. The lowest BCUT2D eigenvalue weighted by atomic mass is 10.2. The molecule has 0 aliphatic carbocycles. The van der Waals surface area contributed by atoms with E-state index in [1.165, 1.54) is 5.56 Å². The number of aliphatic imine (C=N–C) groups is 1. The number of likely N-dealkylation sites (N-methyl/N-ethyl adjacent to an activating group) is 1. The largest absolute Gasteiger partial charge is 0.673 e. The highest BCUT2D eigenvalue weighted by atomic mass is 19.5. The summed E-state index contributed by atoms with van der Waals surface area (Å²) in [6.45, 7) is 3.17. The molecule has 18 heavy (non-hydrogen) atoms. The average molecular weight is 262 g/mol. The summed E-state index contributed by atoms with van der Waals surface area (Å²) in [5, 5.41) is 0. The van der Waals surface area contributed by atoms with Crippen LogP contribution in [0.5, 0.6) is 0 Å². The fourth-order valence-corrected chi connectivity index (χ4v) is 1.72. The van der Waals surface area contributed by atoms with E-state index in [-0.39, 0.29) is 0 Å². The second-order valence-corrected chi connectivity index (χ2v) is 4.36. The van der Waals surface area contributed by atoms with Gasteiger partial charge in [-0.05, 0) is 0 Å². The quantitative estimate of drug-likeness (QED) is 0.441. The third kappa shape index (κ3) is 6.39. The lowest BCUT2D eigenvalue weighted by molar-refractivity contribution is -0.821. The highest BCUT2D eigenvalue weighted by Crippen LogP contribution is 2.12. The first-order chi connectivity index (χ1) is 8.29. The number of hydrogen-bond donors (Lipinski definition) is 0. The van der Waals surface area contributed by atoms with Gasteiger partial charge in [0.2, 0.25) is 0 Å². The summed E-state index contributed by atoms with van der Waals surface area (Å²) in [6, 6.07) is 10.6. The number of halogens is 4. The van der Waals surface area contributed by atoms with E-state index < -0.39 is 7.25 Å². The van der Waals surface area contributed by atoms with Crippen molar-refractivity contribution in [2.75, 3.05) is 20.1 Å². The lowest BCUT2D eigenvalue weighted by Gasteiger charge is -2.24. The van der Waals surface area contributed by atoms with E-state index in [4.69, 9.17) is 0 Å². The van der Waals surface area contributed by atoms with Gasteiger partial charge < -0.3 is 17.3 Å². The Balaban J connectivity index is 0.000000280. The molecule has 0 saturated carbocycles. The molecule has 0 amide bonds. The zero-order valence-corrected chi connectivity index (χ0v) is 10.1. The molecule has 0 saturated heterocycles. The van der Waals surface area contributed by atoms with Crippen LogP contribution in [-0.4, -0.2) is 38.2 Å². The molecule has 1 heterocycles. The topological polar surface area (TPSA) is 12.4 Å². The Bertz CT molecular complexity index is 388. The van der Waals surface area contributed by atoms with E-state index >= 15 is 0 Å². The van der Waals surface area contributed by atoms with Gasteiger partial charge in [0, 0.05) is 5.56 Å². The maximum atomic E-state index is 9.75. The number of hydrogen-bond acceptors (Lipinski definition) is 1. The Hall–Kier alpha value is -1.37. The number of benzene rings is 1. The minimum Gasteiger partial charge on any atom is -0.418 e. The fraction of sp³-hybridized carbons (Fsp3) is 0.364. The summed E-state index contributed by atoms with van der Waals surface area (Å²) in [5.41, 5.74) is 1.39. The maximum Gasteiger partial charge on any atom is 0.673 e. The van der Waals surface area contributed by atoms with Crippen molar-refractivity contribution in [2.24, 2.45) is 4.99 Å². The predicted octanol–water partition coefficient (Wildman–Crippen LogP) is 2.98. The Morgan fingerprint density at radius 2 is 1.72 bits per heavy atom. The zero-order chi connectivity index (χ0) is 13.6. The third-order valence-corrected chi connectivity index (χ3v) is 2.49. The molecule has 1 aromatic carbocycles. The third-order valence-electron chi connectivity index (χ3n) is 2.49. The van der Waals surface area contributed by atoms with Crippen molar-refractivity contribution in [3.63, 3.8) is 0 Å². The zero-order valence-electron chi connectivity index (χ0n) is 10.1. The van der Waals surface area contributed by atoms with Gasteiger partial charge in [0.1, 0.15) is 13.1 Å². The Labute approximate surface area is 104 Å². The van der Waals surface area contributed by atoms with E-state index in [2.05, 4.69) is 48.7 Å². The summed E-state index contributed by atoms with van der Waals surface area (Å²) in [7, 11) is -3.77. The Morgan fingerprint density at radius 3 is 2.17 bits per heavy atom. The van der Waals surface area contributed by atoms with Crippen LogP contribution in [-0.2, 0) is 6.54 Å². The van der Waals surface area contributed by atoms with Crippen molar-refractivity contribution in [3.8, 4) is 0 Å². The SMILES string of the molecule is C[N+]1(Cc2ccccc2)C=NCC1.F[B-](F)(F)F. The van der Waals surface area contributed by atoms with Gasteiger partial charge in [0.25, 0.3) is 0 Å². The summed E-state index contributed by atoms with van der Waals surface area (Å²) in [6.07, 6.45) is 2.06.